The molecule has 5 rings (SSSR count). The van der Waals surface area contributed by atoms with Crippen LogP contribution in [-0.2, 0) is 0 Å². The minimum absolute atomic E-state index is 0.177. The molecule has 0 N–H and O–H groups in total. The van der Waals surface area contributed by atoms with E-state index in [-0.39, 0.29) is 6.04 Å². The second-order valence-electron chi connectivity index (χ2n) is 8.40. The zero-order chi connectivity index (χ0) is 24.5. The number of fused-ring (bicyclic) bond motifs is 1. The molecule has 0 spiro atoms. The standard InChI is InChI=1S/C23H21ClN10O/c1-14-22(30-31-34(14)19-3-5-32(13-26)6-4-19)16-7-21(23-17(9-25)10-28-33(23)12-16)35-15(2)20-8-18(24)11-27-29-20/h7-8,10-12,15,19H,3-6H2,1-2H3/t15-/m1/s1. The molecule has 5 heterocycles. The highest BCUT2D eigenvalue weighted by atomic mass is 35.5. The lowest BCUT2D eigenvalue weighted by Crippen LogP contribution is -2.31. The van der Waals surface area contributed by atoms with Gasteiger partial charge in [-0.1, -0.05) is 16.8 Å². The van der Waals surface area contributed by atoms with Gasteiger partial charge in [0.05, 0.1) is 29.2 Å². The lowest BCUT2D eigenvalue weighted by molar-refractivity contribution is 0.222. The van der Waals surface area contributed by atoms with Gasteiger partial charge in [0.1, 0.15) is 40.4 Å². The number of pyridine rings is 1. The summed E-state index contributed by atoms with van der Waals surface area (Å²) in [4.78, 5) is 1.76. The Morgan fingerprint density at radius 3 is 2.69 bits per heavy atom. The Labute approximate surface area is 206 Å². The summed E-state index contributed by atoms with van der Waals surface area (Å²) in [6.45, 7) is 5.22. The van der Waals surface area contributed by atoms with Crippen LogP contribution in [0.5, 0.6) is 5.75 Å². The summed E-state index contributed by atoms with van der Waals surface area (Å²) in [7, 11) is 0. The Kier molecular flexibility index (Phi) is 5.93. The molecule has 176 valence electrons. The normalized spacial score (nSPS) is 15.1. The first kappa shape index (κ1) is 22.6. The van der Waals surface area contributed by atoms with Gasteiger partial charge in [0.2, 0.25) is 0 Å². The Morgan fingerprint density at radius 1 is 1.17 bits per heavy atom. The van der Waals surface area contributed by atoms with Crippen molar-refractivity contribution in [1.29, 1.82) is 10.5 Å². The Morgan fingerprint density at radius 2 is 1.97 bits per heavy atom. The Hall–Kier alpha value is -4.22. The van der Waals surface area contributed by atoms with Crippen LogP contribution < -0.4 is 4.74 Å². The molecular formula is C23H21ClN10O. The smallest absolute Gasteiger partial charge is 0.179 e. The minimum atomic E-state index is -0.483. The summed E-state index contributed by atoms with van der Waals surface area (Å²) < 4.78 is 9.80. The van der Waals surface area contributed by atoms with Crippen LogP contribution in [0, 0.1) is 29.7 Å². The maximum absolute atomic E-state index is 9.60. The van der Waals surface area contributed by atoms with Gasteiger partial charge in [0.25, 0.3) is 0 Å². The maximum atomic E-state index is 9.60. The van der Waals surface area contributed by atoms with Gasteiger partial charge in [-0.3, -0.25) is 0 Å². The number of hydrogen-bond acceptors (Lipinski definition) is 9. The van der Waals surface area contributed by atoms with Crippen LogP contribution in [0.3, 0.4) is 0 Å². The molecule has 4 aromatic heterocycles. The number of nitriles is 2. The third-order valence-corrected chi connectivity index (χ3v) is 6.42. The van der Waals surface area contributed by atoms with Gasteiger partial charge < -0.3 is 9.64 Å². The van der Waals surface area contributed by atoms with Gasteiger partial charge in [-0.15, -0.1) is 5.10 Å². The number of nitrogens with zero attached hydrogens (tertiary/aromatic N) is 10. The second-order valence-corrected chi connectivity index (χ2v) is 8.84. The summed E-state index contributed by atoms with van der Waals surface area (Å²) in [6.07, 6.45) is 8.15. The largest absolute Gasteiger partial charge is 0.482 e. The quantitative estimate of drug-likeness (QED) is 0.387. The molecular weight excluding hydrogens is 468 g/mol. The molecule has 1 atom stereocenters. The van der Waals surface area contributed by atoms with Crippen molar-refractivity contribution in [3.63, 3.8) is 0 Å². The molecule has 4 aromatic rings. The highest BCUT2D eigenvalue weighted by Crippen LogP contribution is 2.34. The van der Waals surface area contributed by atoms with E-state index in [4.69, 9.17) is 21.6 Å². The van der Waals surface area contributed by atoms with Crippen molar-refractivity contribution in [1.82, 2.24) is 39.7 Å². The summed E-state index contributed by atoms with van der Waals surface area (Å²) in [5.74, 6) is 0.460. The number of hydrogen-bond donors (Lipinski definition) is 0. The van der Waals surface area contributed by atoms with Crippen molar-refractivity contribution in [2.24, 2.45) is 0 Å². The molecule has 12 heteroatoms. The molecule has 1 aliphatic heterocycles. The predicted octanol–water partition coefficient (Wildman–Crippen LogP) is 3.47. The lowest BCUT2D eigenvalue weighted by atomic mass is 10.0. The molecule has 0 amide bonds. The average Bonchev–Trinajstić information content (AvgIpc) is 3.47. The van der Waals surface area contributed by atoms with Crippen molar-refractivity contribution in [2.45, 2.75) is 38.8 Å². The number of piperidine rings is 1. The maximum Gasteiger partial charge on any atom is 0.179 e. The van der Waals surface area contributed by atoms with Gasteiger partial charge in [-0.05, 0) is 38.8 Å². The van der Waals surface area contributed by atoms with Crippen LogP contribution in [0.1, 0.15) is 48.9 Å². The number of ether oxygens (including phenoxy) is 1. The van der Waals surface area contributed by atoms with Crippen LogP contribution in [0.2, 0.25) is 5.02 Å². The topological polar surface area (TPSA) is 134 Å². The van der Waals surface area contributed by atoms with Crippen molar-refractivity contribution in [3.8, 4) is 29.3 Å². The minimum Gasteiger partial charge on any atom is -0.482 e. The first-order valence-corrected chi connectivity index (χ1v) is 11.5. The Bertz CT molecular complexity index is 1470. The average molecular weight is 489 g/mol. The van der Waals surface area contributed by atoms with E-state index in [9.17, 15) is 5.26 Å². The SMILES string of the molecule is Cc1c(-c2cc(O[C@H](C)c3cc(Cl)cnn3)c3c(C#N)cnn3c2)nnn1C1CCN(C#N)CC1. The molecule has 0 unspecified atom stereocenters. The van der Waals surface area contributed by atoms with Crippen LogP contribution in [-0.4, -0.2) is 52.8 Å². The van der Waals surface area contributed by atoms with Gasteiger partial charge in [0, 0.05) is 24.8 Å². The number of likely N-dealkylation sites (tertiary alicyclic amines) is 1. The molecule has 1 fully saturated rings. The number of aromatic nitrogens is 7. The van der Waals surface area contributed by atoms with Crippen LogP contribution in [0.15, 0.2) is 30.7 Å². The predicted molar refractivity (Wildman–Crippen MR) is 125 cm³/mol. The van der Waals surface area contributed by atoms with Crippen molar-refractivity contribution in [3.05, 3.63) is 52.7 Å². The molecule has 0 aliphatic carbocycles. The van der Waals surface area contributed by atoms with Crippen molar-refractivity contribution >= 4 is 17.1 Å². The van der Waals surface area contributed by atoms with Crippen LogP contribution in [0.4, 0.5) is 0 Å². The Balaban J connectivity index is 1.52. The van der Waals surface area contributed by atoms with E-state index in [0.717, 1.165) is 24.1 Å². The van der Waals surface area contributed by atoms with Gasteiger partial charge in [-0.25, -0.2) is 9.20 Å². The zero-order valence-corrected chi connectivity index (χ0v) is 19.9. The third-order valence-electron chi connectivity index (χ3n) is 6.21. The van der Waals surface area contributed by atoms with Gasteiger partial charge >= 0.3 is 0 Å². The van der Waals surface area contributed by atoms with Crippen molar-refractivity contribution in [2.75, 3.05) is 13.1 Å². The van der Waals surface area contributed by atoms with E-state index in [1.165, 1.54) is 12.4 Å². The highest BCUT2D eigenvalue weighted by Gasteiger charge is 2.25. The van der Waals surface area contributed by atoms with E-state index in [2.05, 4.69) is 37.9 Å². The summed E-state index contributed by atoms with van der Waals surface area (Å²) >= 11 is 6.07. The van der Waals surface area contributed by atoms with Crippen molar-refractivity contribution < 1.29 is 4.74 Å². The van der Waals surface area contributed by atoms with E-state index in [0.29, 0.717) is 46.3 Å². The lowest BCUT2D eigenvalue weighted by Gasteiger charge is -2.28. The summed E-state index contributed by atoms with van der Waals surface area (Å²) in [5, 5.41) is 40.4. The van der Waals surface area contributed by atoms with E-state index >= 15 is 0 Å². The highest BCUT2D eigenvalue weighted by molar-refractivity contribution is 6.30. The molecule has 0 bridgehead atoms. The van der Waals surface area contributed by atoms with Gasteiger partial charge in [-0.2, -0.15) is 25.8 Å². The van der Waals surface area contributed by atoms with E-state index in [1.54, 1.807) is 15.5 Å². The molecule has 0 radical (unpaired) electrons. The fraction of sp³-hybridized carbons (Fsp3) is 0.348. The molecule has 1 saturated heterocycles. The fourth-order valence-electron chi connectivity index (χ4n) is 4.36. The summed E-state index contributed by atoms with van der Waals surface area (Å²) in [6, 6.07) is 5.87. The van der Waals surface area contributed by atoms with Gasteiger partial charge in [0.15, 0.2) is 6.19 Å². The molecule has 11 nitrogen and oxygen atoms in total. The number of rotatable bonds is 5. The molecule has 0 saturated carbocycles. The zero-order valence-electron chi connectivity index (χ0n) is 19.1. The van der Waals surface area contributed by atoms with E-state index in [1.807, 2.05) is 30.8 Å². The summed E-state index contributed by atoms with van der Waals surface area (Å²) in [5.41, 5.74) is 3.86. The van der Waals surface area contributed by atoms with Crippen LogP contribution in [0.25, 0.3) is 16.8 Å². The second kappa shape index (κ2) is 9.20. The van der Waals surface area contributed by atoms with E-state index < -0.39 is 6.10 Å². The number of halogens is 1. The van der Waals surface area contributed by atoms with Crippen LogP contribution >= 0.6 is 11.6 Å². The monoisotopic (exact) mass is 488 g/mol. The molecule has 0 aromatic carbocycles. The molecule has 35 heavy (non-hydrogen) atoms. The first-order valence-electron chi connectivity index (χ1n) is 11.1. The third kappa shape index (κ3) is 4.22. The first-order chi connectivity index (χ1) is 17.0. The fourth-order valence-corrected chi connectivity index (χ4v) is 4.51. The molecule has 1 aliphatic rings.